The molecule has 1 unspecified atom stereocenters. The topological polar surface area (TPSA) is 56.5 Å². The Morgan fingerprint density at radius 1 is 1.23 bits per heavy atom. The molecular formula is C17H24N2O3. The quantitative estimate of drug-likeness (QED) is 0.814. The minimum atomic E-state index is -0.551. The number of benzene rings is 1. The number of aliphatic hydroxyl groups excluding tert-OH is 1. The summed E-state index contributed by atoms with van der Waals surface area (Å²) in [6, 6.07) is 7.71. The van der Waals surface area contributed by atoms with E-state index in [1.54, 1.807) is 13.3 Å². The summed E-state index contributed by atoms with van der Waals surface area (Å²) < 4.78 is 12.7. The summed E-state index contributed by atoms with van der Waals surface area (Å²) in [4.78, 5) is 4.31. The lowest BCUT2D eigenvalue weighted by molar-refractivity contribution is 0.0199. The molecule has 0 saturated carbocycles. The lowest BCUT2D eigenvalue weighted by Crippen LogP contribution is -2.23. The van der Waals surface area contributed by atoms with Crippen LogP contribution in [0.15, 0.2) is 36.7 Å². The average Bonchev–Trinajstić information content (AvgIpc) is 2.96. The van der Waals surface area contributed by atoms with Gasteiger partial charge in [-0.25, -0.2) is 4.98 Å². The summed E-state index contributed by atoms with van der Waals surface area (Å²) >= 11 is 0. The molecule has 0 spiro atoms. The van der Waals surface area contributed by atoms with Gasteiger partial charge in [0.2, 0.25) is 0 Å². The van der Waals surface area contributed by atoms with Gasteiger partial charge in [-0.1, -0.05) is 26.0 Å². The van der Waals surface area contributed by atoms with Gasteiger partial charge < -0.3 is 19.1 Å². The van der Waals surface area contributed by atoms with E-state index in [0.29, 0.717) is 25.7 Å². The zero-order valence-electron chi connectivity index (χ0n) is 13.4. The molecule has 1 aromatic heterocycles. The van der Waals surface area contributed by atoms with Gasteiger partial charge in [0.1, 0.15) is 11.6 Å². The molecule has 0 aliphatic rings. The van der Waals surface area contributed by atoms with Crippen LogP contribution < -0.4 is 4.74 Å². The second-order valence-corrected chi connectivity index (χ2v) is 5.61. The molecule has 1 aromatic carbocycles. The van der Waals surface area contributed by atoms with Crippen LogP contribution in [0.1, 0.15) is 31.2 Å². The fourth-order valence-electron chi connectivity index (χ4n) is 2.29. The molecule has 0 saturated heterocycles. The first-order valence-electron chi connectivity index (χ1n) is 7.50. The van der Waals surface area contributed by atoms with E-state index in [0.717, 1.165) is 17.1 Å². The van der Waals surface area contributed by atoms with E-state index < -0.39 is 6.10 Å². The molecule has 0 aliphatic heterocycles. The molecule has 0 amide bonds. The molecule has 1 heterocycles. The second-order valence-electron chi connectivity index (χ2n) is 5.61. The van der Waals surface area contributed by atoms with E-state index in [9.17, 15) is 5.11 Å². The van der Waals surface area contributed by atoms with Crippen LogP contribution in [0.2, 0.25) is 0 Å². The highest BCUT2D eigenvalue weighted by Gasteiger charge is 2.11. The number of aromatic nitrogens is 2. The standard InChI is InChI=1S/C17H24N2O3/c1-13(2)17-18-8-9-19(17)10-15(20)12-22-11-14-4-6-16(21-3)7-5-14/h4-9,13,15,20H,10-12H2,1-3H3. The maximum absolute atomic E-state index is 10.1. The van der Waals surface area contributed by atoms with Gasteiger partial charge in [0, 0.05) is 18.3 Å². The third kappa shape index (κ3) is 4.58. The van der Waals surface area contributed by atoms with Crippen LogP contribution in [0.5, 0.6) is 5.75 Å². The highest BCUT2D eigenvalue weighted by atomic mass is 16.5. The van der Waals surface area contributed by atoms with Gasteiger partial charge in [-0.3, -0.25) is 0 Å². The number of hydrogen-bond acceptors (Lipinski definition) is 4. The van der Waals surface area contributed by atoms with Crippen LogP contribution in [0.3, 0.4) is 0 Å². The van der Waals surface area contributed by atoms with Crippen molar-refractivity contribution in [2.24, 2.45) is 0 Å². The number of aliphatic hydroxyl groups is 1. The SMILES string of the molecule is COc1ccc(COCC(O)Cn2ccnc2C(C)C)cc1. The van der Waals surface area contributed by atoms with E-state index in [-0.39, 0.29) is 0 Å². The third-order valence-corrected chi connectivity index (χ3v) is 3.41. The van der Waals surface area contributed by atoms with Crippen LogP contribution in [0.25, 0.3) is 0 Å². The second kappa shape index (κ2) is 7.96. The molecule has 1 atom stereocenters. The van der Waals surface area contributed by atoms with Crippen LogP contribution >= 0.6 is 0 Å². The molecule has 0 bridgehead atoms. The van der Waals surface area contributed by atoms with Crippen molar-refractivity contribution >= 4 is 0 Å². The summed E-state index contributed by atoms with van der Waals surface area (Å²) in [5, 5.41) is 10.1. The molecule has 5 nitrogen and oxygen atoms in total. The average molecular weight is 304 g/mol. The van der Waals surface area contributed by atoms with Crippen LogP contribution in [0.4, 0.5) is 0 Å². The Balaban J connectivity index is 1.77. The largest absolute Gasteiger partial charge is 0.497 e. The van der Waals surface area contributed by atoms with Crippen molar-refractivity contribution in [2.75, 3.05) is 13.7 Å². The van der Waals surface area contributed by atoms with Gasteiger partial charge >= 0.3 is 0 Å². The number of hydrogen-bond donors (Lipinski definition) is 1. The molecule has 0 aliphatic carbocycles. The minimum absolute atomic E-state index is 0.293. The summed E-state index contributed by atoms with van der Waals surface area (Å²) in [5.74, 6) is 2.14. The number of rotatable bonds is 8. The lowest BCUT2D eigenvalue weighted by Gasteiger charge is -2.15. The number of methoxy groups -OCH3 is 1. The fourth-order valence-corrected chi connectivity index (χ4v) is 2.29. The van der Waals surface area contributed by atoms with Gasteiger partial charge in [0.25, 0.3) is 0 Å². The monoisotopic (exact) mass is 304 g/mol. The normalized spacial score (nSPS) is 12.6. The first-order chi connectivity index (χ1) is 10.6. The zero-order chi connectivity index (χ0) is 15.9. The van der Waals surface area contributed by atoms with Crippen molar-refractivity contribution in [2.45, 2.75) is 39.0 Å². The Morgan fingerprint density at radius 2 is 1.95 bits per heavy atom. The Kier molecular flexibility index (Phi) is 5.98. The van der Waals surface area contributed by atoms with E-state index in [4.69, 9.17) is 9.47 Å². The maximum Gasteiger partial charge on any atom is 0.118 e. The first kappa shape index (κ1) is 16.5. The Morgan fingerprint density at radius 3 is 2.59 bits per heavy atom. The molecule has 120 valence electrons. The van der Waals surface area contributed by atoms with Crippen LogP contribution in [0, 0.1) is 0 Å². The molecular weight excluding hydrogens is 280 g/mol. The Labute approximate surface area is 131 Å². The van der Waals surface area contributed by atoms with E-state index in [2.05, 4.69) is 18.8 Å². The molecule has 0 fully saturated rings. The number of ether oxygens (including phenoxy) is 2. The first-order valence-corrected chi connectivity index (χ1v) is 7.50. The van der Waals surface area contributed by atoms with Crippen LogP contribution in [-0.2, 0) is 17.9 Å². The van der Waals surface area contributed by atoms with Crippen molar-refractivity contribution < 1.29 is 14.6 Å². The molecule has 2 rings (SSSR count). The zero-order valence-corrected chi connectivity index (χ0v) is 13.4. The molecule has 2 aromatic rings. The number of imidazole rings is 1. The van der Waals surface area contributed by atoms with Crippen molar-refractivity contribution in [3.63, 3.8) is 0 Å². The lowest BCUT2D eigenvalue weighted by atomic mass is 10.2. The van der Waals surface area contributed by atoms with Gasteiger partial charge in [-0.15, -0.1) is 0 Å². The summed E-state index contributed by atoms with van der Waals surface area (Å²) in [5.41, 5.74) is 1.05. The predicted octanol–water partition coefficient (Wildman–Crippen LogP) is 2.59. The van der Waals surface area contributed by atoms with Gasteiger partial charge in [-0.2, -0.15) is 0 Å². The predicted molar refractivity (Wildman–Crippen MR) is 85.0 cm³/mol. The highest BCUT2D eigenvalue weighted by molar-refractivity contribution is 5.26. The van der Waals surface area contributed by atoms with Crippen molar-refractivity contribution in [3.05, 3.63) is 48.0 Å². The summed E-state index contributed by atoms with van der Waals surface area (Å²) in [7, 11) is 1.64. The van der Waals surface area contributed by atoms with E-state index in [1.807, 2.05) is 35.0 Å². The van der Waals surface area contributed by atoms with E-state index >= 15 is 0 Å². The van der Waals surface area contributed by atoms with Crippen molar-refractivity contribution in [1.82, 2.24) is 9.55 Å². The van der Waals surface area contributed by atoms with Gasteiger partial charge in [-0.05, 0) is 17.7 Å². The molecule has 1 N–H and O–H groups in total. The van der Waals surface area contributed by atoms with Gasteiger partial charge in [0.15, 0.2) is 0 Å². The Bertz CT molecular complexity index is 564. The number of nitrogens with zero attached hydrogens (tertiary/aromatic N) is 2. The fraction of sp³-hybridized carbons (Fsp3) is 0.471. The molecule has 5 heteroatoms. The Hall–Kier alpha value is -1.85. The van der Waals surface area contributed by atoms with Crippen LogP contribution in [-0.4, -0.2) is 34.5 Å². The third-order valence-electron chi connectivity index (χ3n) is 3.41. The maximum atomic E-state index is 10.1. The van der Waals surface area contributed by atoms with Crippen molar-refractivity contribution in [1.29, 1.82) is 0 Å². The highest BCUT2D eigenvalue weighted by Crippen LogP contribution is 2.13. The molecule has 22 heavy (non-hydrogen) atoms. The van der Waals surface area contributed by atoms with Gasteiger partial charge in [0.05, 0.1) is 33.0 Å². The minimum Gasteiger partial charge on any atom is -0.497 e. The van der Waals surface area contributed by atoms with E-state index in [1.165, 1.54) is 0 Å². The smallest absolute Gasteiger partial charge is 0.118 e. The summed E-state index contributed by atoms with van der Waals surface area (Å²) in [6.07, 6.45) is 3.10. The molecule has 0 radical (unpaired) electrons. The van der Waals surface area contributed by atoms with Crippen molar-refractivity contribution in [3.8, 4) is 5.75 Å². The summed E-state index contributed by atoms with van der Waals surface area (Å²) in [6.45, 7) is 5.44.